The lowest BCUT2D eigenvalue weighted by Gasteiger charge is -2.25. The van der Waals surface area contributed by atoms with E-state index in [2.05, 4.69) is 0 Å². The van der Waals surface area contributed by atoms with Crippen LogP contribution in [0.4, 0.5) is 0 Å². The Hall–Kier alpha value is -2.83. The van der Waals surface area contributed by atoms with E-state index in [1.54, 1.807) is 25.1 Å². The van der Waals surface area contributed by atoms with Gasteiger partial charge >= 0.3 is 11.6 Å². The predicted octanol–water partition coefficient (Wildman–Crippen LogP) is 1.94. The molecule has 1 aromatic carbocycles. The Bertz CT molecular complexity index is 887. The summed E-state index contributed by atoms with van der Waals surface area (Å²) in [4.78, 5) is 36.6. The Morgan fingerprint density at radius 2 is 2.12 bits per heavy atom. The first kappa shape index (κ1) is 17.0. The lowest BCUT2D eigenvalue weighted by atomic mass is 10.1. The molecule has 7 heteroatoms. The zero-order valence-corrected chi connectivity index (χ0v) is 14.0. The molecule has 0 unspecified atom stereocenters. The molecule has 1 aliphatic heterocycles. The van der Waals surface area contributed by atoms with E-state index >= 15 is 0 Å². The quantitative estimate of drug-likeness (QED) is 0.851. The lowest BCUT2D eigenvalue weighted by Crippen LogP contribution is -2.46. The number of carboxylic acids is 1. The number of hydrogen-bond donors (Lipinski definition) is 1. The molecule has 0 spiro atoms. The van der Waals surface area contributed by atoms with Crippen molar-refractivity contribution in [3.63, 3.8) is 0 Å². The van der Waals surface area contributed by atoms with Crippen LogP contribution < -0.4 is 10.4 Å². The Morgan fingerprint density at radius 1 is 1.36 bits per heavy atom. The van der Waals surface area contributed by atoms with Crippen LogP contribution in [0.3, 0.4) is 0 Å². The number of carbonyl (C=O) groups excluding carboxylic acids is 1. The third-order valence-corrected chi connectivity index (χ3v) is 4.40. The highest BCUT2D eigenvalue weighted by Crippen LogP contribution is 2.24. The molecule has 2 heterocycles. The van der Waals surface area contributed by atoms with E-state index < -0.39 is 23.7 Å². The fraction of sp³-hybridized carbons (Fsp3) is 0.389. The minimum absolute atomic E-state index is 0.365. The van der Waals surface area contributed by atoms with E-state index in [1.807, 2.05) is 6.92 Å². The molecular weight excluding hydrogens is 326 g/mol. The van der Waals surface area contributed by atoms with Gasteiger partial charge in [0.1, 0.15) is 17.4 Å². The molecule has 25 heavy (non-hydrogen) atoms. The van der Waals surface area contributed by atoms with Gasteiger partial charge in [0.05, 0.1) is 0 Å². The number of hydrogen-bond acceptors (Lipinski definition) is 5. The zero-order valence-electron chi connectivity index (χ0n) is 14.0. The maximum absolute atomic E-state index is 12.5. The first-order chi connectivity index (χ1) is 11.9. The van der Waals surface area contributed by atoms with Crippen molar-refractivity contribution in [2.75, 3.05) is 6.54 Å². The summed E-state index contributed by atoms with van der Waals surface area (Å²) in [6.45, 7) is 3.80. The summed E-state index contributed by atoms with van der Waals surface area (Å²) < 4.78 is 10.8. The van der Waals surface area contributed by atoms with Gasteiger partial charge in [0, 0.05) is 24.1 Å². The third-order valence-electron chi connectivity index (χ3n) is 4.40. The van der Waals surface area contributed by atoms with E-state index in [9.17, 15) is 19.5 Å². The number of nitrogens with zero attached hydrogens (tertiary/aromatic N) is 1. The number of likely N-dealkylation sites (tertiary alicyclic amines) is 1. The van der Waals surface area contributed by atoms with Crippen LogP contribution >= 0.6 is 0 Å². The minimum Gasteiger partial charge on any atom is -0.481 e. The van der Waals surface area contributed by atoms with Gasteiger partial charge in [-0.25, -0.2) is 9.59 Å². The van der Waals surface area contributed by atoms with Crippen LogP contribution in [0.1, 0.15) is 25.3 Å². The Balaban J connectivity index is 1.79. The van der Waals surface area contributed by atoms with Gasteiger partial charge in [-0.05, 0) is 44.4 Å². The van der Waals surface area contributed by atoms with Crippen LogP contribution in [0.5, 0.6) is 5.75 Å². The summed E-state index contributed by atoms with van der Waals surface area (Å²) in [6.07, 6.45) is 0.276. The first-order valence-corrected chi connectivity index (χ1v) is 8.11. The van der Waals surface area contributed by atoms with Crippen LogP contribution in [0, 0.1) is 6.92 Å². The van der Waals surface area contributed by atoms with Crippen molar-refractivity contribution in [2.45, 2.75) is 38.8 Å². The number of aryl methyl sites for hydroxylation is 1. The van der Waals surface area contributed by atoms with Crippen molar-refractivity contribution in [3.8, 4) is 5.75 Å². The first-order valence-electron chi connectivity index (χ1n) is 8.11. The van der Waals surface area contributed by atoms with E-state index in [1.165, 1.54) is 11.0 Å². The van der Waals surface area contributed by atoms with Gasteiger partial charge in [-0.15, -0.1) is 0 Å². The zero-order chi connectivity index (χ0) is 18.1. The lowest BCUT2D eigenvalue weighted by molar-refractivity contribution is -0.150. The van der Waals surface area contributed by atoms with Crippen molar-refractivity contribution in [1.29, 1.82) is 0 Å². The molecule has 1 amide bonds. The fourth-order valence-corrected chi connectivity index (χ4v) is 3.15. The van der Waals surface area contributed by atoms with Crippen molar-refractivity contribution in [1.82, 2.24) is 4.90 Å². The molecule has 2 aromatic rings. The average Bonchev–Trinajstić information content (AvgIpc) is 3.03. The monoisotopic (exact) mass is 345 g/mol. The topological polar surface area (TPSA) is 97.0 Å². The van der Waals surface area contributed by atoms with Gasteiger partial charge in [-0.2, -0.15) is 0 Å². The Labute approximate surface area is 143 Å². The standard InChI is InChI=1S/C18H19NO6/c1-10-8-16(20)25-15-9-12(5-6-13(10)15)24-11(2)17(21)19-7-3-4-14(19)18(22)23/h5-6,8-9,11,14H,3-4,7H2,1-2H3,(H,22,23)/t11-,14-/m1/s1. The number of amides is 1. The molecule has 0 bridgehead atoms. The highest BCUT2D eigenvalue weighted by molar-refractivity contribution is 5.87. The third kappa shape index (κ3) is 3.35. The molecule has 0 radical (unpaired) electrons. The van der Waals surface area contributed by atoms with Crippen molar-refractivity contribution in [2.24, 2.45) is 0 Å². The van der Waals surface area contributed by atoms with Crippen molar-refractivity contribution >= 4 is 22.8 Å². The van der Waals surface area contributed by atoms with E-state index in [-0.39, 0.29) is 5.91 Å². The molecule has 1 aromatic heterocycles. The van der Waals surface area contributed by atoms with E-state index in [0.29, 0.717) is 30.7 Å². The molecule has 0 saturated carbocycles. The second-order valence-electron chi connectivity index (χ2n) is 6.19. The van der Waals surface area contributed by atoms with Gasteiger partial charge in [-0.1, -0.05) is 0 Å². The van der Waals surface area contributed by atoms with Crippen LogP contribution in [-0.2, 0) is 9.59 Å². The molecule has 1 saturated heterocycles. The number of carboxylic acid groups (broad SMARTS) is 1. The number of ether oxygens (including phenoxy) is 1. The Kier molecular flexibility index (Phi) is 4.48. The van der Waals surface area contributed by atoms with Crippen LogP contribution in [0.2, 0.25) is 0 Å². The van der Waals surface area contributed by atoms with Gasteiger partial charge in [0.25, 0.3) is 5.91 Å². The molecule has 1 fully saturated rings. The normalized spacial score (nSPS) is 18.3. The summed E-state index contributed by atoms with van der Waals surface area (Å²) in [5.41, 5.74) is 0.725. The van der Waals surface area contributed by atoms with Crippen LogP contribution in [0.15, 0.2) is 33.5 Å². The highest BCUT2D eigenvalue weighted by Gasteiger charge is 2.36. The molecule has 7 nitrogen and oxygen atoms in total. The maximum Gasteiger partial charge on any atom is 0.336 e. The number of benzene rings is 1. The second-order valence-corrected chi connectivity index (χ2v) is 6.19. The molecule has 2 atom stereocenters. The van der Waals surface area contributed by atoms with E-state index in [0.717, 1.165) is 10.9 Å². The molecule has 1 N–H and O–H groups in total. The minimum atomic E-state index is -0.999. The smallest absolute Gasteiger partial charge is 0.336 e. The molecule has 1 aliphatic rings. The number of aliphatic carboxylic acids is 1. The van der Waals surface area contributed by atoms with E-state index in [4.69, 9.17) is 9.15 Å². The summed E-state index contributed by atoms with van der Waals surface area (Å²) in [7, 11) is 0. The summed E-state index contributed by atoms with van der Waals surface area (Å²) in [6, 6.07) is 5.63. The average molecular weight is 345 g/mol. The Morgan fingerprint density at radius 3 is 2.84 bits per heavy atom. The van der Waals surface area contributed by atoms with Gasteiger partial charge in [-0.3, -0.25) is 4.79 Å². The summed E-state index contributed by atoms with van der Waals surface area (Å²) in [5, 5.41) is 9.99. The summed E-state index contributed by atoms with van der Waals surface area (Å²) in [5.74, 6) is -0.982. The maximum atomic E-state index is 12.5. The van der Waals surface area contributed by atoms with Crippen molar-refractivity contribution < 1.29 is 23.8 Å². The van der Waals surface area contributed by atoms with Gasteiger partial charge in [0.2, 0.25) is 0 Å². The highest BCUT2D eigenvalue weighted by atomic mass is 16.5. The number of fused-ring (bicyclic) bond motifs is 1. The number of carbonyl (C=O) groups is 2. The molecule has 0 aliphatic carbocycles. The van der Waals surface area contributed by atoms with Gasteiger partial charge in [0.15, 0.2) is 6.10 Å². The second kappa shape index (κ2) is 6.58. The van der Waals surface area contributed by atoms with Crippen molar-refractivity contribution in [3.05, 3.63) is 40.2 Å². The molecular formula is C18H19NO6. The largest absolute Gasteiger partial charge is 0.481 e. The SMILES string of the molecule is Cc1cc(=O)oc2cc(O[C@H](C)C(=O)N3CCC[C@@H]3C(=O)O)ccc12. The number of rotatable bonds is 4. The molecule has 3 rings (SSSR count). The van der Waals surface area contributed by atoms with Crippen LogP contribution in [0.25, 0.3) is 11.0 Å². The fourth-order valence-electron chi connectivity index (χ4n) is 3.15. The summed E-state index contributed by atoms with van der Waals surface area (Å²) >= 11 is 0. The van der Waals surface area contributed by atoms with Gasteiger partial charge < -0.3 is 19.2 Å². The predicted molar refractivity (Wildman–Crippen MR) is 89.7 cm³/mol. The molecule has 132 valence electrons. The van der Waals surface area contributed by atoms with Crippen LogP contribution in [-0.4, -0.2) is 40.6 Å².